The van der Waals surface area contributed by atoms with Gasteiger partial charge in [-0.15, -0.1) is 0 Å². The van der Waals surface area contributed by atoms with E-state index in [2.05, 4.69) is 30.9 Å². The van der Waals surface area contributed by atoms with Crippen molar-refractivity contribution in [1.29, 1.82) is 0 Å². The maximum absolute atomic E-state index is 10.0. The van der Waals surface area contributed by atoms with E-state index >= 15 is 0 Å². The highest BCUT2D eigenvalue weighted by molar-refractivity contribution is 9.10. The van der Waals surface area contributed by atoms with E-state index in [0.29, 0.717) is 17.6 Å². The maximum Gasteiger partial charge on any atom is 0.312 e. The molecule has 4 aromatic rings. The van der Waals surface area contributed by atoms with Gasteiger partial charge in [0.25, 0.3) is 0 Å². The highest BCUT2D eigenvalue weighted by atomic mass is 79.9. The number of nitrogens with zero attached hydrogens (tertiary/aromatic N) is 3. The van der Waals surface area contributed by atoms with Gasteiger partial charge in [0, 0.05) is 4.47 Å². The summed E-state index contributed by atoms with van der Waals surface area (Å²) in [4.78, 5) is 13.1. The van der Waals surface area contributed by atoms with Crippen molar-refractivity contribution in [3.8, 4) is 23.1 Å². The molecular formula is C19H14BrN3O3S. The number of oxazole rings is 1. The number of hydrogen-bond donors (Lipinski definition) is 1. The summed E-state index contributed by atoms with van der Waals surface area (Å²) in [5, 5.41) is 10.6. The number of halogens is 1. The lowest BCUT2D eigenvalue weighted by Crippen LogP contribution is -1.89. The Labute approximate surface area is 167 Å². The van der Waals surface area contributed by atoms with Crippen LogP contribution in [0.3, 0.4) is 0 Å². The molecule has 0 fully saturated rings. The van der Waals surface area contributed by atoms with Crippen LogP contribution in [0.25, 0.3) is 21.7 Å². The quantitative estimate of drug-likeness (QED) is 0.407. The standard InChI is InChI=1S/C19H14BrN3O3S/c1-2-25-11-7-8-14-16(9-11)27-19(23-14)21-10-15-18(24)26-17(22-15)12-5-3-4-6-13(12)20/h3-10,24H,2H2,1H3/b21-10+. The smallest absolute Gasteiger partial charge is 0.312 e. The Morgan fingerprint density at radius 2 is 2.11 bits per heavy atom. The number of ether oxygens (including phenoxy) is 1. The van der Waals surface area contributed by atoms with Crippen LogP contribution in [-0.2, 0) is 0 Å². The van der Waals surface area contributed by atoms with Gasteiger partial charge in [-0.05, 0) is 53.2 Å². The molecule has 27 heavy (non-hydrogen) atoms. The lowest BCUT2D eigenvalue weighted by molar-refractivity contribution is 0.337. The number of thiazole rings is 1. The average Bonchev–Trinajstić information content (AvgIpc) is 3.23. The van der Waals surface area contributed by atoms with Gasteiger partial charge in [0.05, 0.1) is 28.6 Å². The first-order valence-corrected chi connectivity index (χ1v) is 9.77. The largest absolute Gasteiger partial charge is 0.494 e. The summed E-state index contributed by atoms with van der Waals surface area (Å²) in [7, 11) is 0. The van der Waals surface area contributed by atoms with Gasteiger partial charge in [-0.2, -0.15) is 0 Å². The Kier molecular flexibility index (Phi) is 4.91. The molecule has 0 aliphatic rings. The monoisotopic (exact) mass is 443 g/mol. The number of benzene rings is 2. The summed E-state index contributed by atoms with van der Waals surface area (Å²) in [5.41, 5.74) is 1.83. The molecule has 136 valence electrons. The Morgan fingerprint density at radius 3 is 2.93 bits per heavy atom. The number of rotatable bonds is 5. The van der Waals surface area contributed by atoms with E-state index in [1.165, 1.54) is 17.6 Å². The SMILES string of the molecule is CCOc1ccc2nc(/N=C/c3nc(-c4ccccc4Br)oc3O)sc2c1. The van der Waals surface area contributed by atoms with E-state index in [0.717, 1.165) is 26.0 Å². The molecule has 0 amide bonds. The lowest BCUT2D eigenvalue weighted by atomic mass is 10.2. The molecule has 2 heterocycles. The molecule has 0 unspecified atom stereocenters. The molecule has 6 nitrogen and oxygen atoms in total. The van der Waals surface area contributed by atoms with Gasteiger partial charge in [0.2, 0.25) is 11.0 Å². The van der Waals surface area contributed by atoms with Crippen molar-refractivity contribution in [2.75, 3.05) is 6.61 Å². The van der Waals surface area contributed by atoms with Gasteiger partial charge in [-0.25, -0.2) is 15.0 Å². The maximum atomic E-state index is 10.0. The molecule has 8 heteroatoms. The first-order chi connectivity index (χ1) is 13.1. The number of aliphatic imine (C=N–C) groups is 1. The summed E-state index contributed by atoms with van der Waals surface area (Å²) in [5.74, 6) is 0.827. The van der Waals surface area contributed by atoms with Crippen LogP contribution in [-0.4, -0.2) is 27.9 Å². The van der Waals surface area contributed by atoms with Gasteiger partial charge in [-0.3, -0.25) is 0 Å². The fourth-order valence-corrected chi connectivity index (χ4v) is 3.77. The van der Waals surface area contributed by atoms with Gasteiger partial charge in [-0.1, -0.05) is 23.5 Å². The second-order valence-corrected chi connectivity index (χ2v) is 7.37. The fourth-order valence-electron chi connectivity index (χ4n) is 2.48. The second kappa shape index (κ2) is 7.50. The van der Waals surface area contributed by atoms with Crippen LogP contribution in [0.5, 0.6) is 11.7 Å². The molecule has 0 spiro atoms. The highest BCUT2D eigenvalue weighted by Gasteiger charge is 2.14. The zero-order valence-corrected chi connectivity index (χ0v) is 16.6. The first-order valence-electron chi connectivity index (χ1n) is 8.16. The van der Waals surface area contributed by atoms with Crippen molar-refractivity contribution in [1.82, 2.24) is 9.97 Å². The summed E-state index contributed by atoms with van der Waals surface area (Å²) < 4.78 is 12.7. The molecule has 0 bridgehead atoms. The van der Waals surface area contributed by atoms with Gasteiger partial charge in [0.15, 0.2) is 5.69 Å². The van der Waals surface area contributed by atoms with Crippen LogP contribution in [0.15, 0.2) is 56.3 Å². The number of aromatic nitrogens is 2. The number of aromatic hydroxyl groups is 1. The summed E-state index contributed by atoms with van der Waals surface area (Å²) in [6.45, 7) is 2.56. The first kappa shape index (κ1) is 17.7. The van der Waals surface area contributed by atoms with E-state index < -0.39 is 0 Å². The van der Waals surface area contributed by atoms with Crippen molar-refractivity contribution in [2.45, 2.75) is 6.92 Å². The Morgan fingerprint density at radius 1 is 1.26 bits per heavy atom. The van der Waals surface area contributed by atoms with Crippen molar-refractivity contribution < 1.29 is 14.3 Å². The van der Waals surface area contributed by atoms with Gasteiger partial charge < -0.3 is 14.3 Å². The summed E-state index contributed by atoms with van der Waals surface area (Å²) in [6.07, 6.45) is 1.44. The van der Waals surface area contributed by atoms with E-state index in [-0.39, 0.29) is 11.6 Å². The summed E-state index contributed by atoms with van der Waals surface area (Å²) in [6, 6.07) is 13.2. The van der Waals surface area contributed by atoms with Crippen LogP contribution in [0.2, 0.25) is 0 Å². The molecule has 2 aromatic heterocycles. The molecule has 0 saturated carbocycles. The minimum atomic E-state index is -0.288. The van der Waals surface area contributed by atoms with E-state index in [1.54, 1.807) is 0 Å². The van der Waals surface area contributed by atoms with Gasteiger partial charge in [0.1, 0.15) is 5.75 Å². The zero-order valence-electron chi connectivity index (χ0n) is 14.2. The third kappa shape index (κ3) is 3.72. The highest BCUT2D eigenvalue weighted by Crippen LogP contribution is 2.33. The molecule has 4 rings (SSSR count). The van der Waals surface area contributed by atoms with E-state index in [1.807, 2.05) is 49.4 Å². The lowest BCUT2D eigenvalue weighted by Gasteiger charge is -2.00. The molecule has 2 aromatic carbocycles. The van der Waals surface area contributed by atoms with Crippen LogP contribution in [0.4, 0.5) is 5.13 Å². The molecule has 0 aliphatic heterocycles. The molecule has 0 atom stereocenters. The van der Waals surface area contributed by atoms with Gasteiger partial charge >= 0.3 is 5.95 Å². The molecule has 0 aliphatic carbocycles. The fraction of sp³-hybridized carbons (Fsp3) is 0.105. The average molecular weight is 444 g/mol. The zero-order chi connectivity index (χ0) is 18.8. The normalized spacial score (nSPS) is 11.5. The molecule has 0 radical (unpaired) electrons. The van der Waals surface area contributed by atoms with Crippen LogP contribution >= 0.6 is 27.3 Å². The van der Waals surface area contributed by atoms with Crippen molar-refractivity contribution >= 4 is 48.8 Å². The van der Waals surface area contributed by atoms with E-state index in [9.17, 15) is 5.11 Å². The predicted octanol–water partition coefficient (Wildman–Crippen LogP) is 5.57. The topological polar surface area (TPSA) is 80.7 Å². The Hall–Kier alpha value is -2.71. The third-order valence-corrected chi connectivity index (χ3v) is 5.31. The van der Waals surface area contributed by atoms with Crippen LogP contribution in [0, 0.1) is 0 Å². The summed E-state index contributed by atoms with van der Waals surface area (Å²) >= 11 is 4.88. The molecule has 0 saturated heterocycles. The third-order valence-electron chi connectivity index (χ3n) is 3.70. The van der Waals surface area contributed by atoms with Crippen molar-refractivity contribution in [2.24, 2.45) is 4.99 Å². The number of fused-ring (bicyclic) bond motifs is 1. The minimum absolute atomic E-state index is 0.245. The Bertz CT molecular complexity index is 1140. The molecule has 1 N–H and O–H groups in total. The van der Waals surface area contributed by atoms with Crippen LogP contribution < -0.4 is 4.74 Å². The second-order valence-electron chi connectivity index (χ2n) is 5.51. The number of hydrogen-bond acceptors (Lipinski definition) is 7. The van der Waals surface area contributed by atoms with Crippen molar-refractivity contribution in [3.05, 3.63) is 52.6 Å². The van der Waals surface area contributed by atoms with Crippen molar-refractivity contribution in [3.63, 3.8) is 0 Å². The molecular weight excluding hydrogens is 430 g/mol. The predicted molar refractivity (Wildman–Crippen MR) is 109 cm³/mol. The van der Waals surface area contributed by atoms with E-state index in [4.69, 9.17) is 9.15 Å². The Balaban J connectivity index is 1.61. The van der Waals surface area contributed by atoms with Crippen LogP contribution in [0.1, 0.15) is 12.6 Å². The minimum Gasteiger partial charge on any atom is -0.494 e.